The van der Waals surface area contributed by atoms with Crippen LogP contribution < -0.4 is 0 Å². The second-order valence-corrected chi connectivity index (χ2v) is 8.11. The van der Waals surface area contributed by atoms with Gasteiger partial charge in [0.05, 0.1) is 0 Å². The fraction of sp³-hybridized carbons (Fsp3) is 0.520. The average Bonchev–Trinajstić information content (AvgIpc) is 3.14. The van der Waals surface area contributed by atoms with Gasteiger partial charge < -0.3 is 5.11 Å². The highest BCUT2D eigenvalue weighted by atomic mass is 16.3. The number of aromatic hydroxyl groups is 1. The van der Waals surface area contributed by atoms with Gasteiger partial charge in [-0.05, 0) is 54.7 Å². The van der Waals surface area contributed by atoms with Crippen molar-refractivity contribution in [3.05, 3.63) is 47.5 Å². The van der Waals surface area contributed by atoms with E-state index in [4.69, 9.17) is 0 Å². The molecule has 4 nitrogen and oxygen atoms in total. The quantitative estimate of drug-likeness (QED) is 0.346. The molecule has 29 heavy (non-hydrogen) atoms. The molecule has 0 bridgehead atoms. The molecule has 1 heterocycles. The molecule has 0 atom stereocenters. The van der Waals surface area contributed by atoms with E-state index in [1.54, 1.807) is 10.9 Å². The first-order chi connectivity index (χ1) is 14.2. The molecule has 3 aromatic rings. The van der Waals surface area contributed by atoms with E-state index in [9.17, 15) is 5.11 Å². The largest absolute Gasteiger partial charge is 0.506 e. The molecule has 4 heteroatoms. The summed E-state index contributed by atoms with van der Waals surface area (Å²) < 4.78 is 0. The second-order valence-electron chi connectivity index (χ2n) is 8.11. The van der Waals surface area contributed by atoms with Crippen LogP contribution >= 0.6 is 0 Å². The summed E-state index contributed by atoms with van der Waals surface area (Å²) in [5, 5.41) is 19.6. The summed E-state index contributed by atoms with van der Waals surface area (Å²) in [6, 6.07) is 12.1. The zero-order chi connectivity index (χ0) is 20.5. The third-order valence-corrected chi connectivity index (χ3v) is 5.56. The topological polar surface area (TPSA) is 50.9 Å². The Bertz CT molecular complexity index is 900. The van der Waals surface area contributed by atoms with Crippen LogP contribution in [0.3, 0.4) is 0 Å². The van der Waals surface area contributed by atoms with Gasteiger partial charge in [0.25, 0.3) is 0 Å². The van der Waals surface area contributed by atoms with Gasteiger partial charge >= 0.3 is 0 Å². The van der Waals surface area contributed by atoms with Gasteiger partial charge in [-0.15, -0.1) is 15.0 Å². The third-order valence-electron chi connectivity index (χ3n) is 5.56. The van der Waals surface area contributed by atoms with Crippen LogP contribution in [0.5, 0.6) is 5.75 Å². The molecule has 0 fully saturated rings. The van der Waals surface area contributed by atoms with E-state index in [0.717, 1.165) is 30.3 Å². The summed E-state index contributed by atoms with van der Waals surface area (Å²) >= 11 is 0. The van der Waals surface area contributed by atoms with Crippen LogP contribution in [0, 0.1) is 0 Å². The molecular formula is C25H35N3O. The van der Waals surface area contributed by atoms with Gasteiger partial charge in [0.15, 0.2) is 0 Å². The Labute approximate surface area is 175 Å². The lowest BCUT2D eigenvalue weighted by molar-refractivity contribution is 0.467. The molecule has 0 saturated carbocycles. The van der Waals surface area contributed by atoms with E-state index < -0.39 is 0 Å². The summed E-state index contributed by atoms with van der Waals surface area (Å²) in [5.41, 5.74) is 4.91. The van der Waals surface area contributed by atoms with Crippen LogP contribution in [0.15, 0.2) is 36.4 Å². The summed E-state index contributed by atoms with van der Waals surface area (Å²) in [4.78, 5) is 1.58. The average molecular weight is 394 g/mol. The van der Waals surface area contributed by atoms with E-state index in [-0.39, 0.29) is 5.75 Å². The van der Waals surface area contributed by atoms with Crippen LogP contribution in [-0.4, -0.2) is 20.1 Å². The molecule has 1 aromatic heterocycles. The monoisotopic (exact) mass is 393 g/mol. The van der Waals surface area contributed by atoms with Crippen LogP contribution in [0.4, 0.5) is 0 Å². The number of aryl methyl sites for hydroxylation is 2. The molecule has 0 amide bonds. The molecule has 1 N–H and O–H groups in total. The van der Waals surface area contributed by atoms with E-state index in [1.807, 2.05) is 18.2 Å². The minimum absolute atomic E-state index is 0.221. The van der Waals surface area contributed by atoms with E-state index >= 15 is 0 Å². The molecule has 0 aliphatic rings. The van der Waals surface area contributed by atoms with Gasteiger partial charge in [-0.2, -0.15) is 0 Å². The number of nitrogens with zero attached hydrogens (tertiary/aromatic N) is 3. The summed E-state index contributed by atoms with van der Waals surface area (Å²) in [6.45, 7) is 4.44. The normalized spacial score (nSPS) is 11.4. The van der Waals surface area contributed by atoms with Crippen molar-refractivity contribution in [3.63, 3.8) is 0 Å². The smallest absolute Gasteiger partial charge is 0.143 e. The van der Waals surface area contributed by atoms with Crippen molar-refractivity contribution in [3.8, 4) is 11.4 Å². The van der Waals surface area contributed by atoms with Gasteiger partial charge in [-0.3, -0.25) is 0 Å². The number of rotatable bonds is 12. The van der Waals surface area contributed by atoms with Gasteiger partial charge in [-0.1, -0.05) is 77.3 Å². The summed E-state index contributed by atoms with van der Waals surface area (Å²) in [6.07, 6.45) is 13.7. The summed E-state index contributed by atoms with van der Waals surface area (Å²) in [5.74, 6) is 0.221. The van der Waals surface area contributed by atoms with Crippen molar-refractivity contribution < 1.29 is 5.11 Å². The standard InChI is InChI=1S/C25H35N3O/c1-3-5-6-7-8-9-10-11-13-21-15-17-25(29)24(19-21)28-26-22-16-14-20(12-4-2)18-23(22)27-28/h14-19,29H,3-13H2,1-2H3. The maximum absolute atomic E-state index is 10.4. The maximum Gasteiger partial charge on any atom is 0.143 e. The van der Waals surface area contributed by atoms with Gasteiger partial charge in [0.1, 0.15) is 22.5 Å². The van der Waals surface area contributed by atoms with Crippen molar-refractivity contribution >= 4 is 11.0 Å². The Morgan fingerprint density at radius 1 is 0.690 bits per heavy atom. The number of aromatic nitrogens is 3. The van der Waals surface area contributed by atoms with Crippen LogP contribution in [0.2, 0.25) is 0 Å². The molecule has 0 saturated heterocycles. The number of phenolic OH excluding ortho intramolecular Hbond substituents is 1. The van der Waals surface area contributed by atoms with Crippen LogP contribution in [0.25, 0.3) is 16.7 Å². The number of hydrogen-bond acceptors (Lipinski definition) is 3. The third kappa shape index (κ3) is 6.06. The number of unbranched alkanes of at least 4 members (excludes halogenated alkanes) is 7. The Morgan fingerprint density at radius 2 is 1.34 bits per heavy atom. The van der Waals surface area contributed by atoms with Gasteiger partial charge in [-0.25, -0.2) is 0 Å². The first-order valence-electron chi connectivity index (χ1n) is 11.4. The lowest BCUT2D eigenvalue weighted by Crippen LogP contribution is -2.00. The fourth-order valence-electron chi connectivity index (χ4n) is 3.86. The highest BCUT2D eigenvalue weighted by molar-refractivity contribution is 5.75. The van der Waals surface area contributed by atoms with E-state index in [0.29, 0.717) is 5.69 Å². The predicted octanol–water partition coefficient (Wildman–Crippen LogP) is 6.76. The van der Waals surface area contributed by atoms with E-state index in [2.05, 4.69) is 36.2 Å². The lowest BCUT2D eigenvalue weighted by Gasteiger charge is -2.07. The maximum atomic E-state index is 10.4. The molecule has 2 aromatic carbocycles. The van der Waals surface area contributed by atoms with E-state index in [1.165, 1.54) is 62.5 Å². The minimum Gasteiger partial charge on any atom is -0.506 e. The Kier molecular flexibility index (Phi) is 8.09. The zero-order valence-corrected chi connectivity index (χ0v) is 18.0. The summed E-state index contributed by atoms with van der Waals surface area (Å²) in [7, 11) is 0. The molecule has 0 radical (unpaired) electrons. The molecule has 0 aliphatic carbocycles. The van der Waals surface area contributed by atoms with Gasteiger partial charge in [0.2, 0.25) is 0 Å². The number of benzene rings is 2. The Balaban J connectivity index is 1.61. The zero-order valence-electron chi connectivity index (χ0n) is 18.0. The molecule has 0 spiro atoms. The molecule has 0 unspecified atom stereocenters. The lowest BCUT2D eigenvalue weighted by atomic mass is 10.0. The Hall–Kier alpha value is -2.36. The molecule has 0 aliphatic heterocycles. The van der Waals surface area contributed by atoms with Crippen LogP contribution in [-0.2, 0) is 12.8 Å². The highest BCUT2D eigenvalue weighted by Crippen LogP contribution is 2.24. The first kappa shape index (κ1) is 21.4. The highest BCUT2D eigenvalue weighted by Gasteiger charge is 2.10. The van der Waals surface area contributed by atoms with Gasteiger partial charge in [0, 0.05) is 0 Å². The van der Waals surface area contributed by atoms with Crippen molar-refractivity contribution in [1.82, 2.24) is 15.0 Å². The number of phenols is 1. The number of hydrogen-bond donors (Lipinski definition) is 1. The molecule has 156 valence electrons. The van der Waals surface area contributed by atoms with Crippen molar-refractivity contribution in [1.29, 1.82) is 0 Å². The van der Waals surface area contributed by atoms with Crippen LogP contribution in [0.1, 0.15) is 82.8 Å². The second kappa shape index (κ2) is 11.0. The fourth-order valence-corrected chi connectivity index (χ4v) is 3.86. The minimum atomic E-state index is 0.221. The predicted molar refractivity (Wildman–Crippen MR) is 121 cm³/mol. The van der Waals surface area contributed by atoms with Crippen molar-refractivity contribution in [2.45, 2.75) is 84.5 Å². The first-order valence-corrected chi connectivity index (χ1v) is 11.4. The SMILES string of the molecule is CCCCCCCCCCc1ccc(O)c(-n2nc3ccc(CCC)cc3n2)c1. The number of fused-ring (bicyclic) bond motifs is 1. The molecular weight excluding hydrogens is 358 g/mol. The van der Waals surface area contributed by atoms with Crippen molar-refractivity contribution in [2.24, 2.45) is 0 Å². The van der Waals surface area contributed by atoms with Crippen molar-refractivity contribution in [2.75, 3.05) is 0 Å². The Morgan fingerprint density at radius 3 is 2.10 bits per heavy atom. The molecule has 3 rings (SSSR count).